The quantitative estimate of drug-likeness (QED) is 0.771. The molecule has 2 fully saturated rings. The van der Waals surface area contributed by atoms with Crippen LogP contribution in [0.15, 0.2) is 12.3 Å². The minimum atomic E-state index is -0.0519. The van der Waals surface area contributed by atoms with E-state index in [0.29, 0.717) is 11.7 Å². The third-order valence-electron chi connectivity index (χ3n) is 4.62. The highest BCUT2D eigenvalue weighted by molar-refractivity contribution is 5.92. The first-order valence-electron chi connectivity index (χ1n) is 8.59. The highest BCUT2D eigenvalue weighted by atomic mass is 16.1. The Morgan fingerprint density at radius 1 is 1.36 bits per heavy atom. The standard InChI is InChI=1S/C16H27N5O/c22-16(18-8-4-11-20-9-1-2-10-20)15-6-12-21(19-15)14-5-3-7-17-13-14/h6,12,14,17H,1-5,7-11,13H2,(H,18,22). The Kier molecular flexibility index (Phi) is 5.45. The van der Waals surface area contributed by atoms with Gasteiger partial charge in [-0.25, -0.2) is 0 Å². The number of likely N-dealkylation sites (tertiary alicyclic amines) is 1. The predicted molar refractivity (Wildman–Crippen MR) is 86.0 cm³/mol. The van der Waals surface area contributed by atoms with Crippen LogP contribution in [0.5, 0.6) is 0 Å². The van der Waals surface area contributed by atoms with Crippen LogP contribution in [0.4, 0.5) is 0 Å². The lowest BCUT2D eigenvalue weighted by molar-refractivity contribution is 0.0945. The third-order valence-corrected chi connectivity index (χ3v) is 4.62. The molecular weight excluding hydrogens is 278 g/mol. The zero-order valence-corrected chi connectivity index (χ0v) is 13.3. The van der Waals surface area contributed by atoms with Gasteiger partial charge in [-0.3, -0.25) is 9.48 Å². The molecule has 22 heavy (non-hydrogen) atoms. The molecule has 1 unspecified atom stereocenters. The van der Waals surface area contributed by atoms with E-state index in [1.54, 1.807) is 0 Å². The van der Waals surface area contributed by atoms with E-state index in [1.165, 1.54) is 32.4 Å². The number of piperidine rings is 1. The summed E-state index contributed by atoms with van der Waals surface area (Å²) in [5, 5.41) is 10.8. The number of aromatic nitrogens is 2. The lowest BCUT2D eigenvalue weighted by Crippen LogP contribution is -2.32. The van der Waals surface area contributed by atoms with Gasteiger partial charge < -0.3 is 15.5 Å². The summed E-state index contributed by atoms with van der Waals surface area (Å²) in [4.78, 5) is 14.6. The van der Waals surface area contributed by atoms with Crippen molar-refractivity contribution in [3.05, 3.63) is 18.0 Å². The van der Waals surface area contributed by atoms with Crippen molar-refractivity contribution in [2.45, 2.75) is 38.1 Å². The second kappa shape index (κ2) is 7.74. The minimum Gasteiger partial charge on any atom is -0.351 e. The number of rotatable bonds is 6. The number of amides is 1. The Balaban J connectivity index is 1.40. The van der Waals surface area contributed by atoms with E-state index < -0.39 is 0 Å². The fourth-order valence-corrected chi connectivity index (χ4v) is 3.32. The van der Waals surface area contributed by atoms with Crippen LogP contribution in [0.2, 0.25) is 0 Å². The molecule has 0 aromatic carbocycles. The van der Waals surface area contributed by atoms with Crippen molar-refractivity contribution < 1.29 is 4.79 Å². The van der Waals surface area contributed by atoms with Crippen molar-refractivity contribution >= 4 is 5.91 Å². The molecular formula is C16H27N5O. The van der Waals surface area contributed by atoms with Gasteiger partial charge in [-0.1, -0.05) is 0 Å². The molecule has 6 heteroatoms. The van der Waals surface area contributed by atoms with Crippen LogP contribution in [0.25, 0.3) is 0 Å². The van der Waals surface area contributed by atoms with Crippen LogP contribution in [-0.2, 0) is 0 Å². The van der Waals surface area contributed by atoms with Gasteiger partial charge in [0.25, 0.3) is 5.91 Å². The highest BCUT2D eigenvalue weighted by Crippen LogP contribution is 2.15. The first kappa shape index (κ1) is 15.5. The normalized spacial score (nSPS) is 22.8. The molecule has 6 nitrogen and oxygen atoms in total. The van der Waals surface area contributed by atoms with Crippen LogP contribution >= 0.6 is 0 Å². The van der Waals surface area contributed by atoms with Gasteiger partial charge in [0.15, 0.2) is 0 Å². The van der Waals surface area contributed by atoms with E-state index in [2.05, 4.69) is 20.6 Å². The Morgan fingerprint density at radius 2 is 2.23 bits per heavy atom. The van der Waals surface area contributed by atoms with Crippen LogP contribution in [0.1, 0.15) is 48.6 Å². The second-order valence-electron chi connectivity index (χ2n) is 6.34. The molecule has 1 atom stereocenters. The number of hydrogen-bond acceptors (Lipinski definition) is 4. The maximum atomic E-state index is 12.1. The lowest BCUT2D eigenvalue weighted by atomic mass is 10.1. The van der Waals surface area contributed by atoms with Gasteiger partial charge in [0.05, 0.1) is 6.04 Å². The maximum Gasteiger partial charge on any atom is 0.271 e. The Hall–Kier alpha value is -1.40. The molecule has 2 aliphatic heterocycles. The summed E-state index contributed by atoms with van der Waals surface area (Å²) in [6.45, 7) is 6.28. The average Bonchev–Trinajstić information content (AvgIpc) is 3.24. The van der Waals surface area contributed by atoms with E-state index in [-0.39, 0.29) is 5.91 Å². The fraction of sp³-hybridized carbons (Fsp3) is 0.750. The van der Waals surface area contributed by atoms with Gasteiger partial charge in [-0.05, 0) is 64.3 Å². The molecule has 2 N–H and O–H groups in total. The van der Waals surface area contributed by atoms with Crippen molar-refractivity contribution in [1.82, 2.24) is 25.3 Å². The van der Waals surface area contributed by atoms with E-state index in [0.717, 1.165) is 39.0 Å². The molecule has 0 spiro atoms. The summed E-state index contributed by atoms with van der Waals surface area (Å²) in [7, 11) is 0. The molecule has 0 bridgehead atoms. The zero-order valence-electron chi connectivity index (χ0n) is 13.3. The topological polar surface area (TPSA) is 62.2 Å². The first-order valence-corrected chi connectivity index (χ1v) is 8.59. The van der Waals surface area contributed by atoms with Gasteiger partial charge in [0, 0.05) is 19.3 Å². The minimum absolute atomic E-state index is 0.0519. The second-order valence-corrected chi connectivity index (χ2v) is 6.34. The van der Waals surface area contributed by atoms with Crippen LogP contribution < -0.4 is 10.6 Å². The molecule has 1 amide bonds. The van der Waals surface area contributed by atoms with Crippen molar-refractivity contribution in [2.75, 3.05) is 39.3 Å². The van der Waals surface area contributed by atoms with Gasteiger partial charge >= 0.3 is 0 Å². The number of nitrogens with zero attached hydrogens (tertiary/aromatic N) is 3. The third kappa shape index (κ3) is 4.08. The van der Waals surface area contributed by atoms with Crippen LogP contribution in [0, 0.1) is 0 Å². The van der Waals surface area contributed by atoms with E-state index in [4.69, 9.17) is 0 Å². The molecule has 0 radical (unpaired) electrons. The van der Waals surface area contributed by atoms with Gasteiger partial charge in [0.2, 0.25) is 0 Å². The molecule has 0 saturated carbocycles. The fourth-order valence-electron chi connectivity index (χ4n) is 3.32. The largest absolute Gasteiger partial charge is 0.351 e. The number of nitrogens with one attached hydrogen (secondary N) is 2. The molecule has 122 valence electrons. The highest BCUT2D eigenvalue weighted by Gasteiger charge is 2.17. The summed E-state index contributed by atoms with van der Waals surface area (Å²) in [6, 6.07) is 2.20. The molecule has 3 heterocycles. The molecule has 2 aliphatic rings. The number of hydrogen-bond donors (Lipinski definition) is 2. The maximum absolute atomic E-state index is 12.1. The average molecular weight is 305 g/mol. The predicted octanol–water partition coefficient (Wildman–Crippen LogP) is 1.02. The smallest absolute Gasteiger partial charge is 0.271 e. The summed E-state index contributed by atoms with van der Waals surface area (Å²) in [5.74, 6) is -0.0519. The zero-order chi connectivity index (χ0) is 15.2. The van der Waals surface area contributed by atoms with Crippen molar-refractivity contribution in [3.8, 4) is 0 Å². The van der Waals surface area contributed by atoms with Crippen molar-refractivity contribution in [3.63, 3.8) is 0 Å². The Bertz CT molecular complexity index is 475. The van der Waals surface area contributed by atoms with Crippen molar-refractivity contribution in [2.24, 2.45) is 0 Å². The van der Waals surface area contributed by atoms with Gasteiger partial charge in [-0.2, -0.15) is 5.10 Å². The summed E-state index contributed by atoms with van der Waals surface area (Å²) in [6.07, 6.45) is 7.88. The van der Waals surface area contributed by atoms with Gasteiger partial charge in [0.1, 0.15) is 5.69 Å². The summed E-state index contributed by atoms with van der Waals surface area (Å²) in [5.41, 5.74) is 0.534. The van der Waals surface area contributed by atoms with E-state index in [9.17, 15) is 4.79 Å². The molecule has 2 saturated heterocycles. The first-order chi connectivity index (χ1) is 10.8. The number of carbonyl (C=O) groups excluding carboxylic acids is 1. The van der Waals surface area contributed by atoms with Crippen LogP contribution in [0.3, 0.4) is 0 Å². The molecule has 1 aromatic heterocycles. The van der Waals surface area contributed by atoms with Crippen molar-refractivity contribution in [1.29, 1.82) is 0 Å². The SMILES string of the molecule is O=C(NCCCN1CCCC1)c1ccn(C2CCCNC2)n1. The lowest BCUT2D eigenvalue weighted by Gasteiger charge is -2.22. The molecule has 0 aliphatic carbocycles. The Labute approximate surface area is 132 Å². The summed E-state index contributed by atoms with van der Waals surface area (Å²) < 4.78 is 1.94. The van der Waals surface area contributed by atoms with E-state index in [1.807, 2.05) is 16.9 Å². The van der Waals surface area contributed by atoms with Crippen LogP contribution in [-0.4, -0.2) is 59.9 Å². The monoisotopic (exact) mass is 305 g/mol. The molecule has 3 rings (SSSR count). The molecule has 1 aromatic rings. The Morgan fingerprint density at radius 3 is 3.00 bits per heavy atom. The van der Waals surface area contributed by atoms with Gasteiger partial charge in [-0.15, -0.1) is 0 Å². The summed E-state index contributed by atoms with van der Waals surface area (Å²) >= 11 is 0. The number of carbonyl (C=O) groups is 1. The van der Waals surface area contributed by atoms with E-state index >= 15 is 0 Å².